The number of rotatable bonds is 3. The molecule has 0 bridgehead atoms. The van der Waals surface area contributed by atoms with Crippen molar-refractivity contribution in [2.75, 3.05) is 51.7 Å². The van der Waals surface area contributed by atoms with Gasteiger partial charge >= 0.3 is 0 Å². The second-order valence-electron chi connectivity index (χ2n) is 7.96. The second-order valence-corrected chi connectivity index (χ2v) is 7.96. The lowest BCUT2D eigenvalue weighted by Crippen LogP contribution is -2.51. The zero-order chi connectivity index (χ0) is 19.1. The molecule has 0 saturated carbocycles. The van der Waals surface area contributed by atoms with Gasteiger partial charge in [0.2, 0.25) is 11.9 Å². The van der Waals surface area contributed by atoms with Crippen molar-refractivity contribution in [3.8, 4) is 0 Å². The smallest absolute Gasteiger partial charge is 0.263 e. The Morgan fingerprint density at radius 2 is 1.88 bits per heavy atom. The first-order chi connectivity index (χ1) is 12.2. The monoisotopic (exact) mass is 361 g/mol. The van der Waals surface area contributed by atoms with Crippen molar-refractivity contribution in [2.24, 2.45) is 0 Å². The lowest BCUT2D eigenvalue weighted by atomic mass is 10.1. The molecule has 3 rings (SSSR count). The van der Waals surface area contributed by atoms with E-state index in [0.29, 0.717) is 49.7 Å². The van der Waals surface area contributed by atoms with E-state index >= 15 is 0 Å². The number of amides is 1. The van der Waals surface area contributed by atoms with Crippen LogP contribution in [-0.2, 0) is 10.3 Å². The van der Waals surface area contributed by atoms with E-state index in [1.807, 2.05) is 49.6 Å². The third-order valence-electron chi connectivity index (χ3n) is 4.44. The highest BCUT2D eigenvalue weighted by atomic mass is 16.2. The van der Waals surface area contributed by atoms with Crippen molar-refractivity contribution in [3.05, 3.63) is 16.6 Å². The lowest BCUT2D eigenvalue weighted by molar-refractivity contribution is -0.132. The molecule has 9 heteroatoms. The van der Waals surface area contributed by atoms with Gasteiger partial charge in [-0.05, 0) is 34.9 Å². The van der Waals surface area contributed by atoms with Crippen LogP contribution < -0.4 is 10.5 Å². The molecule has 2 aromatic rings. The van der Waals surface area contributed by atoms with Crippen molar-refractivity contribution < 1.29 is 4.79 Å². The van der Waals surface area contributed by atoms with Gasteiger partial charge in [-0.2, -0.15) is 10.1 Å². The zero-order valence-electron chi connectivity index (χ0n) is 16.1. The van der Waals surface area contributed by atoms with Gasteiger partial charge in [0.25, 0.3) is 5.56 Å². The molecule has 1 amide bonds. The van der Waals surface area contributed by atoms with E-state index in [1.54, 1.807) is 10.9 Å². The SMILES string of the molecule is CN(C)CC(=O)N1CCN(c2nc3c(cnn3C(C)(C)C)c(=O)[nH]2)CC1. The molecule has 0 spiro atoms. The Morgan fingerprint density at radius 1 is 1.23 bits per heavy atom. The fourth-order valence-electron chi connectivity index (χ4n) is 3.09. The number of fused-ring (bicyclic) bond motifs is 1. The molecule has 0 unspecified atom stereocenters. The molecular formula is C17H27N7O2. The Morgan fingerprint density at radius 3 is 2.46 bits per heavy atom. The van der Waals surface area contributed by atoms with Crippen molar-refractivity contribution in [1.82, 2.24) is 29.5 Å². The van der Waals surface area contributed by atoms with Crippen molar-refractivity contribution in [2.45, 2.75) is 26.3 Å². The van der Waals surface area contributed by atoms with Crippen LogP contribution in [0.25, 0.3) is 11.0 Å². The number of H-pyrrole nitrogens is 1. The summed E-state index contributed by atoms with van der Waals surface area (Å²) in [6.07, 6.45) is 1.56. The molecule has 3 heterocycles. The van der Waals surface area contributed by atoms with E-state index in [0.717, 1.165) is 0 Å². The third kappa shape index (κ3) is 3.57. The summed E-state index contributed by atoms with van der Waals surface area (Å²) in [6.45, 7) is 8.99. The van der Waals surface area contributed by atoms with Gasteiger partial charge in [-0.1, -0.05) is 0 Å². The summed E-state index contributed by atoms with van der Waals surface area (Å²) in [5.74, 6) is 0.658. The van der Waals surface area contributed by atoms with Crippen LogP contribution >= 0.6 is 0 Å². The number of piperazine rings is 1. The molecule has 0 aliphatic carbocycles. The summed E-state index contributed by atoms with van der Waals surface area (Å²) in [6, 6.07) is 0. The maximum absolute atomic E-state index is 12.4. The van der Waals surface area contributed by atoms with Crippen molar-refractivity contribution >= 4 is 22.9 Å². The Balaban J connectivity index is 1.82. The minimum Gasteiger partial charge on any atom is -0.339 e. The summed E-state index contributed by atoms with van der Waals surface area (Å²) in [5, 5.41) is 4.82. The van der Waals surface area contributed by atoms with Crippen molar-refractivity contribution in [3.63, 3.8) is 0 Å². The van der Waals surface area contributed by atoms with E-state index in [1.165, 1.54) is 0 Å². The number of likely N-dealkylation sites (N-methyl/N-ethyl adjacent to an activating group) is 1. The second kappa shape index (κ2) is 6.71. The van der Waals surface area contributed by atoms with Crippen LogP contribution in [0.3, 0.4) is 0 Å². The maximum Gasteiger partial charge on any atom is 0.263 e. The number of hydrogen-bond acceptors (Lipinski definition) is 6. The van der Waals surface area contributed by atoms with Gasteiger partial charge in [0.1, 0.15) is 5.39 Å². The number of hydrogen-bond donors (Lipinski definition) is 1. The van der Waals surface area contributed by atoms with Crippen LogP contribution in [0.2, 0.25) is 0 Å². The van der Waals surface area contributed by atoms with E-state index in [4.69, 9.17) is 0 Å². The number of carbonyl (C=O) groups is 1. The Bertz CT molecular complexity index is 854. The average Bonchev–Trinajstić information content (AvgIpc) is 2.99. The minimum absolute atomic E-state index is 0.123. The number of anilines is 1. The number of nitrogens with zero attached hydrogens (tertiary/aromatic N) is 6. The number of aromatic nitrogens is 4. The third-order valence-corrected chi connectivity index (χ3v) is 4.44. The van der Waals surface area contributed by atoms with E-state index < -0.39 is 0 Å². The summed E-state index contributed by atoms with van der Waals surface area (Å²) < 4.78 is 1.78. The number of aromatic amines is 1. The average molecular weight is 361 g/mol. The highest BCUT2D eigenvalue weighted by Gasteiger charge is 2.25. The van der Waals surface area contributed by atoms with Crippen LogP contribution in [0.15, 0.2) is 11.0 Å². The molecule has 0 atom stereocenters. The molecule has 0 radical (unpaired) electrons. The predicted molar refractivity (Wildman–Crippen MR) is 100 cm³/mol. The van der Waals surface area contributed by atoms with Crippen LogP contribution in [0.5, 0.6) is 0 Å². The Labute approximate surface area is 152 Å². The summed E-state index contributed by atoms with van der Waals surface area (Å²) >= 11 is 0. The first-order valence-electron chi connectivity index (χ1n) is 8.83. The molecule has 1 aliphatic heterocycles. The van der Waals surface area contributed by atoms with E-state index in [-0.39, 0.29) is 17.0 Å². The number of nitrogens with one attached hydrogen (secondary N) is 1. The molecule has 1 fully saturated rings. The summed E-state index contributed by atoms with van der Waals surface area (Å²) in [7, 11) is 3.77. The summed E-state index contributed by atoms with van der Waals surface area (Å²) in [5.41, 5.74) is 0.130. The maximum atomic E-state index is 12.4. The Kier molecular flexibility index (Phi) is 4.74. The number of carbonyl (C=O) groups excluding carboxylic acids is 1. The molecule has 0 aromatic carbocycles. The fourth-order valence-corrected chi connectivity index (χ4v) is 3.09. The first-order valence-corrected chi connectivity index (χ1v) is 8.83. The standard InChI is InChI=1S/C17H27N7O2/c1-17(2,3)24-14-12(10-18-24)15(26)20-16(19-14)23-8-6-22(7-9-23)13(25)11-21(4)5/h10H,6-9,11H2,1-5H3,(H,19,20,26). The van der Waals surface area contributed by atoms with Gasteiger partial charge in [-0.3, -0.25) is 14.6 Å². The van der Waals surface area contributed by atoms with Crippen LogP contribution in [0.4, 0.5) is 5.95 Å². The Hall–Kier alpha value is -2.42. The van der Waals surface area contributed by atoms with Crippen LogP contribution in [-0.4, -0.2) is 82.3 Å². The summed E-state index contributed by atoms with van der Waals surface area (Å²) in [4.78, 5) is 37.9. The van der Waals surface area contributed by atoms with Crippen LogP contribution in [0, 0.1) is 0 Å². The highest BCUT2D eigenvalue weighted by molar-refractivity contribution is 5.78. The van der Waals surface area contributed by atoms with Gasteiger partial charge in [0.05, 0.1) is 18.3 Å². The van der Waals surface area contributed by atoms with Crippen molar-refractivity contribution in [1.29, 1.82) is 0 Å². The topological polar surface area (TPSA) is 90.4 Å². The van der Waals surface area contributed by atoms with Gasteiger partial charge in [0, 0.05) is 26.2 Å². The van der Waals surface area contributed by atoms with Gasteiger partial charge < -0.3 is 14.7 Å². The molecular weight excluding hydrogens is 334 g/mol. The normalized spacial score (nSPS) is 15.9. The van der Waals surface area contributed by atoms with E-state index in [2.05, 4.69) is 15.1 Å². The molecule has 9 nitrogen and oxygen atoms in total. The molecule has 142 valence electrons. The van der Waals surface area contributed by atoms with Gasteiger partial charge in [-0.15, -0.1) is 0 Å². The van der Waals surface area contributed by atoms with Crippen LogP contribution in [0.1, 0.15) is 20.8 Å². The largest absolute Gasteiger partial charge is 0.339 e. The zero-order valence-corrected chi connectivity index (χ0v) is 16.1. The molecule has 1 N–H and O–H groups in total. The quantitative estimate of drug-likeness (QED) is 0.833. The highest BCUT2D eigenvalue weighted by Crippen LogP contribution is 2.20. The molecule has 1 saturated heterocycles. The molecule has 26 heavy (non-hydrogen) atoms. The lowest BCUT2D eigenvalue weighted by Gasteiger charge is -2.35. The molecule has 1 aliphatic rings. The fraction of sp³-hybridized carbons (Fsp3) is 0.647. The van der Waals surface area contributed by atoms with Gasteiger partial charge in [0.15, 0.2) is 5.65 Å². The van der Waals surface area contributed by atoms with Gasteiger partial charge in [-0.25, -0.2) is 4.68 Å². The van der Waals surface area contributed by atoms with E-state index in [9.17, 15) is 9.59 Å². The first kappa shape index (κ1) is 18.4. The predicted octanol–water partition coefficient (Wildman–Crippen LogP) is 0.0848. The molecule has 2 aromatic heterocycles. The minimum atomic E-state index is -0.267.